The molecule has 1 atom stereocenters. The van der Waals surface area contributed by atoms with Crippen LogP contribution < -0.4 is 10.2 Å². The van der Waals surface area contributed by atoms with Crippen molar-refractivity contribution in [3.63, 3.8) is 0 Å². The van der Waals surface area contributed by atoms with Gasteiger partial charge < -0.3 is 19.9 Å². The van der Waals surface area contributed by atoms with Crippen LogP contribution >= 0.6 is 11.3 Å². The molecule has 3 heterocycles. The number of carbonyl (C=O) groups is 2. The highest BCUT2D eigenvalue weighted by atomic mass is 32.1. The summed E-state index contributed by atoms with van der Waals surface area (Å²) in [6, 6.07) is 0. The average Bonchev–Trinajstić information content (AvgIpc) is 3.39. The lowest BCUT2D eigenvalue weighted by Gasteiger charge is -2.19. The highest BCUT2D eigenvalue weighted by molar-refractivity contribution is 7.07. The zero-order valence-corrected chi connectivity index (χ0v) is 17.0. The Kier molecular flexibility index (Phi) is 6.53. The standard InChI is InChI=1S/C18H24N6O3S/c1-23(2)18-20-8-13(16(25)19-5-7-27-3)15(22-18)12-4-6-24(9-12)17(26)14-10-28-11-21-14/h8,10-12H,4-7,9H2,1-3H3,(H,19,25). The molecular weight excluding hydrogens is 380 g/mol. The Morgan fingerprint density at radius 3 is 2.89 bits per heavy atom. The van der Waals surface area contributed by atoms with Crippen LogP contribution in [0.3, 0.4) is 0 Å². The number of methoxy groups -OCH3 is 1. The second-order valence-electron chi connectivity index (χ2n) is 6.72. The van der Waals surface area contributed by atoms with Crippen molar-refractivity contribution in [3.05, 3.63) is 34.0 Å². The summed E-state index contributed by atoms with van der Waals surface area (Å²) >= 11 is 1.40. The van der Waals surface area contributed by atoms with Crippen molar-refractivity contribution >= 4 is 29.1 Å². The van der Waals surface area contributed by atoms with Gasteiger partial charge in [-0.3, -0.25) is 9.59 Å². The third-order valence-electron chi connectivity index (χ3n) is 4.56. The van der Waals surface area contributed by atoms with E-state index in [0.717, 1.165) is 6.42 Å². The van der Waals surface area contributed by atoms with E-state index in [9.17, 15) is 9.59 Å². The summed E-state index contributed by atoms with van der Waals surface area (Å²) in [6.45, 7) is 1.94. The number of aromatic nitrogens is 3. The van der Waals surface area contributed by atoms with Gasteiger partial charge in [-0.1, -0.05) is 0 Å². The van der Waals surface area contributed by atoms with E-state index >= 15 is 0 Å². The van der Waals surface area contributed by atoms with E-state index in [1.165, 1.54) is 11.3 Å². The van der Waals surface area contributed by atoms with Crippen LogP contribution in [0.2, 0.25) is 0 Å². The Hall–Kier alpha value is -2.59. The van der Waals surface area contributed by atoms with E-state index in [4.69, 9.17) is 4.74 Å². The molecule has 2 aromatic rings. The van der Waals surface area contributed by atoms with Gasteiger partial charge in [0.05, 0.1) is 23.4 Å². The predicted molar refractivity (Wildman–Crippen MR) is 106 cm³/mol. The van der Waals surface area contributed by atoms with E-state index in [1.54, 1.807) is 34.0 Å². The van der Waals surface area contributed by atoms with Gasteiger partial charge in [-0.25, -0.2) is 15.0 Å². The first kappa shape index (κ1) is 20.2. The van der Waals surface area contributed by atoms with E-state index in [-0.39, 0.29) is 17.7 Å². The zero-order chi connectivity index (χ0) is 20.1. The molecule has 0 radical (unpaired) electrons. The van der Waals surface area contributed by atoms with E-state index < -0.39 is 0 Å². The second-order valence-corrected chi connectivity index (χ2v) is 7.44. The number of nitrogens with one attached hydrogen (secondary N) is 1. The van der Waals surface area contributed by atoms with E-state index in [2.05, 4.69) is 20.3 Å². The first-order valence-corrected chi connectivity index (χ1v) is 9.94. The molecule has 2 amide bonds. The van der Waals surface area contributed by atoms with Crippen molar-refractivity contribution in [1.29, 1.82) is 0 Å². The smallest absolute Gasteiger partial charge is 0.273 e. The minimum absolute atomic E-state index is 0.0348. The number of likely N-dealkylation sites (tertiary alicyclic amines) is 1. The van der Waals surface area contributed by atoms with Crippen molar-refractivity contribution in [3.8, 4) is 0 Å². The summed E-state index contributed by atoms with van der Waals surface area (Å²) < 4.78 is 4.98. The molecule has 0 bridgehead atoms. The zero-order valence-electron chi connectivity index (χ0n) is 16.2. The molecule has 1 aliphatic heterocycles. The summed E-state index contributed by atoms with van der Waals surface area (Å²) in [4.78, 5) is 41.8. The summed E-state index contributed by atoms with van der Waals surface area (Å²) in [5.41, 5.74) is 3.22. The normalized spacial score (nSPS) is 16.2. The maximum atomic E-state index is 12.6. The molecule has 28 heavy (non-hydrogen) atoms. The van der Waals surface area contributed by atoms with Gasteiger partial charge in [0.1, 0.15) is 5.69 Å². The maximum Gasteiger partial charge on any atom is 0.273 e. The SMILES string of the molecule is COCCNC(=O)c1cnc(N(C)C)nc1C1CCN(C(=O)c2cscn2)C1. The number of ether oxygens (including phenoxy) is 1. The molecule has 0 aromatic carbocycles. The minimum atomic E-state index is -0.235. The lowest BCUT2D eigenvalue weighted by molar-refractivity contribution is 0.0785. The van der Waals surface area contributed by atoms with Gasteiger partial charge in [0, 0.05) is 58.3 Å². The summed E-state index contributed by atoms with van der Waals surface area (Å²) in [7, 11) is 5.29. The van der Waals surface area contributed by atoms with Crippen LogP contribution in [0, 0.1) is 0 Å². The van der Waals surface area contributed by atoms with Crippen LogP contribution in [0.15, 0.2) is 17.1 Å². The first-order valence-electron chi connectivity index (χ1n) is 9.00. The van der Waals surface area contributed by atoms with Gasteiger partial charge in [-0.2, -0.15) is 0 Å². The Morgan fingerprint density at radius 2 is 2.21 bits per heavy atom. The van der Waals surface area contributed by atoms with Gasteiger partial charge in [0.15, 0.2) is 0 Å². The largest absolute Gasteiger partial charge is 0.383 e. The number of rotatable bonds is 7. The molecule has 0 saturated carbocycles. The third-order valence-corrected chi connectivity index (χ3v) is 5.14. The number of nitrogens with zero attached hydrogens (tertiary/aromatic N) is 5. The highest BCUT2D eigenvalue weighted by Gasteiger charge is 2.32. The Labute approximate surface area is 167 Å². The molecule has 2 aromatic heterocycles. The fourth-order valence-electron chi connectivity index (χ4n) is 3.10. The Morgan fingerprint density at radius 1 is 1.39 bits per heavy atom. The molecule has 1 N–H and O–H groups in total. The van der Waals surface area contributed by atoms with E-state index in [1.807, 2.05) is 14.1 Å². The fourth-order valence-corrected chi connectivity index (χ4v) is 3.62. The predicted octanol–water partition coefficient (Wildman–Crippen LogP) is 1.00. The topological polar surface area (TPSA) is 101 Å². The van der Waals surface area contributed by atoms with Crippen LogP contribution in [0.25, 0.3) is 0 Å². The van der Waals surface area contributed by atoms with Crippen molar-refractivity contribution < 1.29 is 14.3 Å². The molecular formula is C18H24N6O3S. The average molecular weight is 404 g/mol. The lowest BCUT2D eigenvalue weighted by Crippen LogP contribution is -2.31. The number of hydrogen-bond acceptors (Lipinski definition) is 8. The summed E-state index contributed by atoms with van der Waals surface area (Å²) in [5, 5.41) is 4.57. The van der Waals surface area contributed by atoms with Crippen LogP contribution in [0.4, 0.5) is 5.95 Å². The molecule has 0 aliphatic carbocycles. The third kappa shape index (κ3) is 4.45. The summed E-state index contributed by atoms with van der Waals surface area (Å²) in [5.74, 6) is 0.179. The number of anilines is 1. The van der Waals surface area contributed by atoms with Crippen molar-refractivity contribution in [2.45, 2.75) is 12.3 Å². The van der Waals surface area contributed by atoms with Gasteiger partial charge in [0.25, 0.3) is 11.8 Å². The molecule has 0 spiro atoms. The highest BCUT2D eigenvalue weighted by Crippen LogP contribution is 2.30. The van der Waals surface area contributed by atoms with Crippen LogP contribution in [-0.4, -0.2) is 79.1 Å². The Balaban J connectivity index is 1.81. The quantitative estimate of drug-likeness (QED) is 0.687. The molecule has 1 fully saturated rings. The van der Waals surface area contributed by atoms with Crippen molar-refractivity contribution in [1.82, 2.24) is 25.2 Å². The summed E-state index contributed by atoms with van der Waals surface area (Å²) in [6.07, 6.45) is 2.29. The number of carbonyl (C=O) groups excluding carboxylic acids is 2. The maximum absolute atomic E-state index is 12.6. The lowest BCUT2D eigenvalue weighted by atomic mass is 9.99. The minimum Gasteiger partial charge on any atom is -0.383 e. The monoisotopic (exact) mass is 404 g/mol. The van der Waals surface area contributed by atoms with Crippen LogP contribution in [-0.2, 0) is 4.74 Å². The molecule has 1 saturated heterocycles. The molecule has 1 unspecified atom stereocenters. The number of thiazole rings is 1. The molecule has 9 nitrogen and oxygen atoms in total. The first-order chi connectivity index (χ1) is 13.5. The second kappa shape index (κ2) is 9.07. The molecule has 3 rings (SSSR count). The van der Waals surface area contributed by atoms with Crippen LogP contribution in [0.5, 0.6) is 0 Å². The van der Waals surface area contributed by atoms with Gasteiger partial charge in [-0.05, 0) is 6.42 Å². The van der Waals surface area contributed by atoms with E-state index in [0.29, 0.717) is 49.1 Å². The fraction of sp³-hybridized carbons (Fsp3) is 0.500. The Bertz CT molecular complexity index is 827. The van der Waals surface area contributed by atoms with Crippen LogP contribution in [0.1, 0.15) is 38.9 Å². The number of hydrogen-bond donors (Lipinski definition) is 1. The van der Waals surface area contributed by atoms with Crippen molar-refractivity contribution in [2.24, 2.45) is 0 Å². The molecule has 10 heteroatoms. The van der Waals surface area contributed by atoms with Gasteiger partial charge >= 0.3 is 0 Å². The van der Waals surface area contributed by atoms with Gasteiger partial charge in [-0.15, -0.1) is 11.3 Å². The van der Waals surface area contributed by atoms with Crippen molar-refractivity contribution in [2.75, 3.05) is 52.3 Å². The van der Waals surface area contributed by atoms with Gasteiger partial charge in [0.2, 0.25) is 5.95 Å². The molecule has 1 aliphatic rings. The number of amides is 2. The molecule has 150 valence electrons.